The summed E-state index contributed by atoms with van der Waals surface area (Å²) in [5.74, 6) is -0.852. The summed E-state index contributed by atoms with van der Waals surface area (Å²) in [5, 5.41) is 13.8. The van der Waals surface area contributed by atoms with E-state index >= 15 is 0 Å². The van der Waals surface area contributed by atoms with Gasteiger partial charge in [-0.15, -0.1) is 0 Å². The number of rotatable bonds is 8. The molecule has 1 fully saturated rings. The highest BCUT2D eigenvalue weighted by Gasteiger charge is 2.26. The SMILES string of the molecule is COCCNC(=O)CNC(=O)N1CCC(CCC(=O)O)C1. The van der Waals surface area contributed by atoms with Gasteiger partial charge < -0.3 is 25.4 Å². The molecule has 0 bridgehead atoms. The van der Waals surface area contributed by atoms with Gasteiger partial charge in [-0.3, -0.25) is 9.59 Å². The van der Waals surface area contributed by atoms with Gasteiger partial charge in [-0.2, -0.15) is 0 Å². The summed E-state index contributed by atoms with van der Waals surface area (Å²) >= 11 is 0. The monoisotopic (exact) mass is 301 g/mol. The summed E-state index contributed by atoms with van der Waals surface area (Å²) in [6.45, 7) is 1.91. The van der Waals surface area contributed by atoms with Crippen LogP contribution in [-0.2, 0) is 14.3 Å². The van der Waals surface area contributed by atoms with Crippen molar-refractivity contribution < 1.29 is 24.2 Å². The van der Waals surface area contributed by atoms with E-state index in [1.54, 1.807) is 12.0 Å². The van der Waals surface area contributed by atoms with Crippen LogP contribution in [0.25, 0.3) is 0 Å². The lowest BCUT2D eigenvalue weighted by Gasteiger charge is -2.17. The molecular weight excluding hydrogens is 278 g/mol. The van der Waals surface area contributed by atoms with E-state index in [4.69, 9.17) is 9.84 Å². The van der Waals surface area contributed by atoms with Gasteiger partial charge in [0.25, 0.3) is 0 Å². The summed E-state index contributed by atoms with van der Waals surface area (Å²) in [6, 6.07) is -0.283. The number of carbonyl (C=O) groups excluding carboxylic acids is 2. The number of aliphatic carboxylic acids is 1. The fourth-order valence-electron chi connectivity index (χ4n) is 2.20. The van der Waals surface area contributed by atoms with Crippen molar-refractivity contribution in [2.24, 2.45) is 5.92 Å². The molecule has 1 heterocycles. The number of ether oxygens (including phenoxy) is 1. The maximum Gasteiger partial charge on any atom is 0.317 e. The number of nitrogens with zero attached hydrogens (tertiary/aromatic N) is 1. The van der Waals surface area contributed by atoms with Gasteiger partial charge in [0.05, 0.1) is 13.2 Å². The molecule has 1 aliphatic rings. The fourth-order valence-corrected chi connectivity index (χ4v) is 2.20. The summed E-state index contributed by atoms with van der Waals surface area (Å²) < 4.78 is 4.80. The minimum atomic E-state index is -0.814. The molecule has 1 aliphatic heterocycles. The Morgan fingerprint density at radius 3 is 2.76 bits per heavy atom. The van der Waals surface area contributed by atoms with E-state index in [0.717, 1.165) is 6.42 Å². The molecule has 0 aromatic heterocycles. The third-order valence-corrected chi connectivity index (χ3v) is 3.37. The van der Waals surface area contributed by atoms with Crippen molar-refractivity contribution in [2.75, 3.05) is 39.9 Å². The lowest BCUT2D eigenvalue weighted by molar-refractivity contribution is -0.137. The average molecular weight is 301 g/mol. The van der Waals surface area contributed by atoms with Crippen LogP contribution in [0.3, 0.4) is 0 Å². The fraction of sp³-hybridized carbons (Fsp3) is 0.769. The zero-order valence-corrected chi connectivity index (χ0v) is 12.3. The maximum absolute atomic E-state index is 11.9. The number of methoxy groups -OCH3 is 1. The normalized spacial score (nSPS) is 17.6. The summed E-state index contributed by atoms with van der Waals surface area (Å²) in [7, 11) is 1.54. The van der Waals surface area contributed by atoms with Crippen molar-refractivity contribution >= 4 is 17.9 Å². The van der Waals surface area contributed by atoms with Crippen LogP contribution < -0.4 is 10.6 Å². The van der Waals surface area contributed by atoms with Crippen molar-refractivity contribution in [2.45, 2.75) is 19.3 Å². The number of hydrogen-bond acceptors (Lipinski definition) is 4. The first-order chi connectivity index (χ1) is 10.0. The molecule has 0 aliphatic carbocycles. The molecule has 3 amide bonds. The van der Waals surface area contributed by atoms with E-state index < -0.39 is 5.97 Å². The highest BCUT2D eigenvalue weighted by Crippen LogP contribution is 2.20. The van der Waals surface area contributed by atoms with Crippen LogP contribution >= 0.6 is 0 Å². The summed E-state index contributed by atoms with van der Waals surface area (Å²) in [6.07, 6.45) is 1.51. The van der Waals surface area contributed by atoms with Crippen LogP contribution in [0.4, 0.5) is 4.79 Å². The van der Waals surface area contributed by atoms with Gasteiger partial charge in [0, 0.05) is 33.2 Å². The Labute approximate surface area is 123 Å². The van der Waals surface area contributed by atoms with E-state index in [0.29, 0.717) is 32.7 Å². The van der Waals surface area contributed by atoms with Crippen molar-refractivity contribution in [3.8, 4) is 0 Å². The first-order valence-electron chi connectivity index (χ1n) is 7.03. The predicted molar refractivity (Wildman–Crippen MR) is 74.8 cm³/mol. The van der Waals surface area contributed by atoms with Crippen LogP contribution in [0.1, 0.15) is 19.3 Å². The van der Waals surface area contributed by atoms with Crippen LogP contribution in [0, 0.1) is 5.92 Å². The molecule has 0 saturated carbocycles. The van der Waals surface area contributed by atoms with Crippen LogP contribution in [-0.4, -0.2) is 67.8 Å². The van der Waals surface area contributed by atoms with Gasteiger partial charge in [-0.1, -0.05) is 0 Å². The zero-order chi connectivity index (χ0) is 15.7. The second-order valence-electron chi connectivity index (χ2n) is 5.03. The molecule has 1 rings (SSSR count). The van der Waals surface area contributed by atoms with Crippen LogP contribution in [0.15, 0.2) is 0 Å². The summed E-state index contributed by atoms with van der Waals surface area (Å²) in [5.41, 5.74) is 0. The number of urea groups is 1. The quantitative estimate of drug-likeness (QED) is 0.531. The molecule has 0 radical (unpaired) electrons. The standard InChI is InChI=1S/C13H23N3O5/c1-21-7-5-14-11(17)8-15-13(20)16-6-4-10(9-16)2-3-12(18)19/h10H,2-9H2,1H3,(H,14,17)(H,15,20)(H,18,19). The Morgan fingerprint density at radius 2 is 2.10 bits per heavy atom. The number of carboxylic acid groups (broad SMARTS) is 1. The molecule has 8 nitrogen and oxygen atoms in total. The Hall–Kier alpha value is -1.83. The maximum atomic E-state index is 11.9. The molecule has 3 N–H and O–H groups in total. The highest BCUT2D eigenvalue weighted by molar-refractivity contribution is 5.84. The third kappa shape index (κ3) is 6.94. The first kappa shape index (κ1) is 17.2. The minimum Gasteiger partial charge on any atom is -0.481 e. The molecule has 1 unspecified atom stereocenters. The topological polar surface area (TPSA) is 108 Å². The zero-order valence-electron chi connectivity index (χ0n) is 12.3. The second kappa shape index (κ2) is 9.17. The molecule has 1 atom stereocenters. The molecule has 0 aromatic carbocycles. The lowest BCUT2D eigenvalue weighted by Crippen LogP contribution is -2.44. The van der Waals surface area contributed by atoms with Crippen LogP contribution in [0.5, 0.6) is 0 Å². The number of carbonyl (C=O) groups is 3. The first-order valence-corrected chi connectivity index (χ1v) is 7.03. The van der Waals surface area contributed by atoms with Gasteiger partial charge in [0.2, 0.25) is 5.91 Å². The Morgan fingerprint density at radius 1 is 1.33 bits per heavy atom. The number of carboxylic acids is 1. The Balaban J connectivity index is 2.18. The van der Waals surface area contributed by atoms with Crippen molar-refractivity contribution in [1.29, 1.82) is 0 Å². The van der Waals surface area contributed by atoms with Crippen molar-refractivity contribution in [3.05, 3.63) is 0 Å². The number of likely N-dealkylation sites (tertiary alicyclic amines) is 1. The summed E-state index contributed by atoms with van der Waals surface area (Å²) in [4.78, 5) is 35.4. The molecule has 0 spiro atoms. The van der Waals surface area contributed by atoms with Gasteiger partial charge >= 0.3 is 12.0 Å². The molecule has 8 heteroatoms. The molecule has 120 valence electrons. The predicted octanol–water partition coefficient (Wildman–Crippen LogP) is -0.355. The minimum absolute atomic E-state index is 0.0706. The Kier molecular flexibility index (Phi) is 7.52. The van der Waals surface area contributed by atoms with Crippen molar-refractivity contribution in [1.82, 2.24) is 15.5 Å². The van der Waals surface area contributed by atoms with E-state index in [2.05, 4.69) is 10.6 Å². The van der Waals surface area contributed by atoms with Crippen LogP contribution in [0.2, 0.25) is 0 Å². The second-order valence-corrected chi connectivity index (χ2v) is 5.03. The lowest BCUT2D eigenvalue weighted by atomic mass is 10.0. The van der Waals surface area contributed by atoms with Crippen molar-refractivity contribution in [3.63, 3.8) is 0 Å². The highest BCUT2D eigenvalue weighted by atomic mass is 16.5. The van der Waals surface area contributed by atoms with E-state index in [-0.39, 0.29) is 30.8 Å². The van der Waals surface area contributed by atoms with E-state index in [9.17, 15) is 14.4 Å². The largest absolute Gasteiger partial charge is 0.481 e. The molecule has 0 aromatic rings. The molecule has 21 heavy (non-hydrogen) atoms. The third-order valence-electron chi connectivity index (χ3n) is 3.37. The van der Waals surface area contributed by atoms with E-state index in [1.807, 2.05) is 0 Å². The molecule has 1 saturated heterocycles. The van der Waals surface area contributed by atoms with Gasteiger partial charge in [0.1, 0.15) is 0 Å². The molecular formula is C13H23N3O5. The Bertz CT molecular complexity index is 375. The van der Waals surface area contributed by atoms with Gasteiger partial charge in [-0.25, -0.2) is 4.79 Å². The number of hydrogen-bond donors (Lipinski definition) is 3. The average Bonchev–Trinajstić information content (AvgIpc) is 2.92. The number of amides is 3. The smallest absolute Gasteiger partial charge is 0.317 e. The number of nitrogens with one attached hydrogen (secondary N) is 2. The van der Waals surface area contributed by atoms with Gasteiger partial charge in [0.15, 0.2) is 0 Å². The van der Waals surface area contributed by atoms with E-state index in [1.165, 1.54) is 0 Å². The van der Waals surface area contributed by atoms with Gasteiger partial charge in [-0.05, 0) is 18.8 Å².